The Morgan fingerprint density at radius 2 is 1.77 bits per heavy atom. The number of aryl methyl sites for hydroxylation is 2. The first kappa shape index (κ1) is 19.1. The minimum Gasteiger partial charge on any atom is -0.378 e. The third-order valence-electron chi connectivity index (χ3n) is 4.26. The van der Waals surface area contributed by atoms with Crippen LogP contribution in [0.3, 0.4) is 0 Å². The quantitative estimate of drug-likeness (QED) is 0.355. The summed E-state index contributed by atoms with van der Waals surface area (Å²) in [5.41, 5.74) is 3.50. The summed E-state index contributed by atoms with van der Waals surface area (Å²) in [6.07, 6.45) is 4.37. The van der Waals surface area contributed by atoms with E-state index in [1.807, 2.05) is 18.2 Å². The van der Waals surface area contributed by atoms with Gasteiger partial charge in [0.05, 0.1) is 13.2 Å². The molecule has 128 valence electrons. The van der Waals surface area contributed by atoms with Crippen molar-refractivity contribution in [3.05, 3.63) is 53.2 Å². The van der Waals surface area contributed by atoms with E-state index in [0.717, 1.165) is 37.4 Å². The van der Waals surface area contributed by atoms with Crippen LogP contribution in [-0.2, 0) is 17.6 Å². The van der Waals surface area contributed by atoms with Crippen molar-refractivity contribution in [3.63, 3.8) is 0 Å². The summed E-state index contributed by atoms with van der Waals surface area (Å²) in [5.74, 6) is 0.734. The Labute approximate surface area is 169 Å². The molecule has 0 N–H and O–H groups in total. The van der Waals surface area contributed by atoms with Gasteiger partial charge in [-0.3, -0.25) is 0 Å². The molecule has 3 heterocycles. The van der Waals surface area contributed by atoms with E-state index in [9.17, 15) is 0 Å². The maximum Gasteiger partial charge on any atom is 1.00 e. The van der Waals surface area contributed by atoms with Gasteiger partial charge in [0.25, 0.3) is 0 Å². The van der Waals surface area contributed by atoms with E-state index in [0.29, 0.717) is 24.2 Å². The summed E-state index contributed by atoms with van der Waals surface area (Å²) in [4.78, 5) is 19.6. The van der Waals surface area contributed by atoms with Crippen molar-refractivity contribution in [2.75, 3.05) is 31.2 Å². The van der Waals surface area contributed by atoms with Gasteiger partial charge < -0.3 is 19.6 Å². The molecule has 6 nitrogen and oxygen atoms in total. The summed E-state index contributed by atoms with van der Waals surface area (Å²) in [6, 6.07) is 10.3. The van der Waals surface area contributed by atoms with Crippen molar-refractivity contribution in [3.8, 4) is 0 Å². The molecule has 0 radical (unpaired) electrons. The summed E-state index contributed by atoms with van der Waals surface area (Å²) in [5, 5.41) is 0.213. The molecule has 1 fully saturated rings. The molecule has 1 aliphatic rings. The Morgan fingerprint density at radius 1 is 1.00 bits per heavy atom. The van der Waals surface area contributed by atoms with E-state index in [1.54, 1.807) is 0 Å². The molecule has 0 unspecified atom stereocenters. The molecular weight excluding hydrogens is 345 g/mol. The number of benzene rings is 1. The molecule has 0 atom stereocenters. The van der Waals surface area contributed by atoms with Crippen LogP contribution in [0.15, 0.2) is 30.3 Å². The molecule has 0 bridgehead atoms. The predicted molar refractivity (Wildman–Crippen MR) is 95.9 cm³/mol. The number of halogens is 1. The Bertz CT molecular complexity index is 874. The van der Waals surface area contributed by atoms with Crippen LogP contribution in [0.25, 0.3) is 11.0 Å². The van der Waals surface area contributed by atoms with Gasteiger partial charge in [-0.2, -0.15) is 0 Å². The summed E-state index contributed by atoms with van der Waals surface area (Å²) in [6.45, 7) is 2.84. The van der Waals surface area contributed by atoms with Gasteiger partial charge in [0.1, 0.15) is 5.82 Å². The molecule has 0 amide bonds. The number of fused-ring (bicyclic) bond motifs is 1. The van der Waals surface area contributed by atoms with E-state index >= 15 is 0 Å². The Hall–Kier alpha value is -1.71. The Kier molecular flexibility index (Phi) is 6.44. The standard InChI is InChI=1S/C18H17ClN5O.Li/c19-18-22-15-14(7-6-13-4-2-1-3-5-13)20-12-21-16(15)17(23-18)24-8-10-25-11-9-24;/h1-5H,6-11H2;/q-1;+1. The van der Waals surface area contributed by atoms with Gasteiger partial charge >= 0.3 is 18.9 Å². The number of aromatic nitrogens is 4. The zero-order valence-corrected chi connectivity index (χ0v) is 15.4. The van der Waals surface area contributed by atoms with Gasteiger partial charge in [-0.15, -0.1) is 0 Å². The second kappa shape index (κ2) is 8.78. The van der Waals surface area contributed by atoms with Crippen molar-refractivity contribution in [1.82, 2.24) is 19.9 Å². The fraction of sp³-hybridized carbons (Fsp3) is 0.333. The minimum absolute atomic E-state index is 0. The molecular formula is C18H17ClLiN5O. The number of anilines is 1. The van der Waals surface area contributed by atoms with Crippen LogP contribution in [0.5, 0.6) is 0 Å². The molecule has 8 heteroatoms. The second-order valence-corrected chi connectivity index (χ2v) is 6.21. The van der Waals surface area contributed by atoms with Gasteiger partial charge in [-0.1, -0.05) is 36.8 Å². The van der Waals surface area contributed by atoms with Crippen molar-refractivity contribution < 1.29 is 23.6 Å². The Balaban J connectivity index is 0.00000196. The average molecular weight is 362 g/mol. The Morgan fingerprint density at radius 3 is 2.54 bits per heavy atom. The predicted octanol–water partition coefficient (Wildman–Crippen LogP) is -0.501. The molecule has 26 heavy (non-hydrogen) atoms. The topological polar surface area (TPSA) is 64.0 Å². The maximum atomic E-state index is 6.19. The van der Waals surface area contributed by atoms with E-state index < -0.39 is 0 Å². The van der Waals surface area contributed by atoms with Crippen molar-refractivity contribution in [2.45, 2.75) is 12.8 Å². The van der Waals surface area contributed by atoms with Gasteiger partial charge in [0.2, 0.25) is 5.28 Å². The van der Waals surface area contributed by atoms with Crippen LogP contribution in [0.1, 0.15) is 11.3 Å². The number of hydrogen-bond acceptors (Lipinski definition) is 6. The molecule has 1 aliphatic heterocycles. The normalized spacial score (nSPS) is 14.3. The summed E-state index contributed by atoms with van der Waals surface area (Å²) < 4.78 is 5.42. The van der Waals surface area contributed by atoms with E-state index in [-0.39, 0.29) is 24.1 Å². The number of rotatable bonds is 4. The van der Waals surface area contributed by atoms with Crippen molar-refractivity contribution in [1.29, 1.82) is 0 Å². The largest absolute Gasteiger partial charge is 1.00 e. The van der Waals surface area contributed by atoms with Crippen molar-refractivity contribution >= 4 is 28.5 Å². The zero-order valence-electron chi connectivity index (χ0n) is 14.7. The molecule has 1 saturated heterocycles. The molecule has 4 rings (SSSR count). The van der Waals surface area contributed by atoms with Gasteiger partial charge in [-0.25, -0.2) is 9.97 Å². The number of ether oxygens (including phenoxy) is 1. The van der Waals surface area contributed by atoms with Crippen LogP contribution in [-0.4, -0.2) is 46.2 Å². The number of hydrogen-bond donors (Lipinski definition) is 0. The van der Waals surface area contributed by atoms with E-state index in [1.165, 1.54) is 5.56 Å². The van der Waals surface area contributed by atoms with E-state index in [4.69, 9.17) is 16.3 Å². The third kappa shape index (κ3) is 4.16. The van der Waals surface area contributed by atoms with E-state index in [2.05, 4.69) is 43.3 Å². The number of morpholine rings is 1. The molecule has 1 aromatic carbocycles. The summed E-state index contributed by atoms with van der Waals surface area (Å²) in [7, 11) is 0. The average Bonchev–Trinajstić information content (AvgIpc) is 2.67. The van der Waals surface area contributed by atoms with Crippen LogP contribution >= 0.6 is 11.6 Å². The third-order valence-corrected chi connectivity index (χ3v) is 4.43. The summed E-state index contributed by atoms with van der Waals surface area (Å²) >= 11 is 6.19. The maximum absolute atomic E-state index is 6.19. The molecule has 3 aromatic rings. The first-order valence-corrected chi connectivity index (χ1v) is 8.66. The van der Waals surface area contributed by atoms with Crippen LogP contribution in [0.4, 0.5) is 5.82 Å². The molecule has 0 saturated carbocycles. The first-order chi connectivity index (χ1) is 12.3. The van der Waals surface area contributed by atoms with Gasteiger partial charge in [-0.05, 0) is 29.3 Å². The fourth-order valence-electron chi connectivity index (χ4n) is 2.99. The zero-order chi connectivity index (χ0) is 17.1. The smallest absolute Gasteiger partial charge is 0.378 e. The van der Waals surface area contributed by atoms with Crippen LogP contribution in [0, 0.1) is 6.33 Å². The molecule has 0 aliphatic carbocycles. The minimum atomic E-state index is 0. The fourth-order valence-corrected chi connectivity index (χ4v) is 3.15. The first-order valence-electron chi connectivity index (χ1n) is 8.28. The monoisotopic (exact) mass is 361 g/mol. The van der Waals surface area contributed by atoms with Crippen molar-refractivity contribution in [2.24, 2.45) is 0 Å². The van der Waals surface area contributed by atoms with Crippen LogP contribution < -0.4 is 23.8 Å². The van der Waals surface area contributed by atoms with Gasteiger partial charge in [0, 0.05) is 30.5 Å². The van der Waals surface area contributed by atoms with Crippen LogP contribution in [0.2, 0.25) is 5.28 Å². The SMILES string of the molecule is Clc1nc(N2CCOCC2)c2n[c-]nc(CCc3ccccc3)c2n1.[Li+]. The molecule has 2 aromatic heterocycles. The molecule has 0 spiro atoms. The second-order valence-electron chi connectivity index (χ2n) is 5.87. The number of nitrogens with zero attached hydrogens (tertiary/aromatic N) is 5. The van der Waals surface area contributed by atoms with Gasteiger partial charge in [0.15, 0.2) is 0 Å².